The van der Waals surface area contributed by atoms with E-state index in [-0.39, 0.29) is 18.7 Å². The Bertz CT molecular complexity index is 517. The normalized spacial score (nSPS) is 28.8. The number of rotatable bonds is 5. The summed E-state index contributed by atoms with van der Waals surface area (Å²) in [5.41, 5.74) is 0.822. The fourth-order valence-electron chi connectivity index (χ4n) is 4.35. The summed E-state index contributed by atoms with van der Waals surface area (Å²) in [7, 11) is 0. The third-order valence-electron chi connectivity index (χ3n) is 5.29. The minimum Gasteiger partial charge on any atom is -0.462 e. The average Bonchev–Trinajstić information content (AvgIpc) is 2.81. The van der Waals surface area contributed by atoms with E-state index < -0.39 is 5.92 Å². The molecule has 4 heteroatoms. The predicted octanol–water partition coefficient (Wildman–Crippen LogP) is 2.71. The Morgan fingerprint density at radius 1 is 1.22 bits per heavy atom. The maximum atomic E-state index is 12.5. The van der Waals surface area contributed by atoms with Crippen LogP contribution in [0.15, 0.2) is 30.3 Å². The third-order valence-corrected chi connectivity index (χ3v) is 5.29. The molecule has 4 nitrogen and oxygen atoms in total. The SMILES string of the molecule is CC(C)N1[C@@H]2CC[C@H]1CC(OC(=O)[C@@H](CO)c1ccccc1)C2. The number of aliphatic hydroxyl groups is 1. The van der Waals surface area contributed by atoms with Crippen LogP contribution in [0.2, 0.25) is 0 Å². The standard InChI is InChI=1S/C19H27NO3/c1-13(2)20-15-8-9-16(20)11-17(10-15)23-19(22)18(12-21)14-6-4-3-5-7-14/h3-7,13,15-18,21H,8-12H2,1-2H3/t15-,16+,17?,18-/m0/s1. The van der Waals surface area contributed by atoms with Crippen molar-refractivity contribution in [3.63, 3.8) is 0 Å². The molecule has 4 atom stereocenters. The first kappa shape index (κ1) is 16.5. The fraction of sp³-hybridized carbons (Fsp3) is 0.632. The maximum Gasteiger partial charge on any atom is 0.316 e. The van der Waals surface area contributed by atoms with Gasteiger partial charge in [-0.05, 0) is 32.3 Å². The first-order chi connectivity index (χ1) is 11.1. The van der Waals surface area contributed by atoms with Crippen LogP contribution in [-0.2, 0) is 9.53 Å². The van der Waals surface area contributed by atoms with Gasteiger partial charge in [0.2, 0.25) is 0 Å². The van der Waals surface area contributed by atoms with Gasteiger partial charge < -0.3 is 9.84 Å². The fourth-order valence-corrected chi connectivity index (χ4v) is 4.35. The molecule has 23 heavy (non-hydrogen) atoms. The van der Waals surface area contributed by atoms with Crippen LogP contribution >= 0.6 is 0 Å². The van der Waals surface area contributed by atoms with Gasteiger partial charge in [0, 0.05) is 31.0 Å². The summed E-state index contributed by atoms with van der Waals surface area (Å²) >= 11 is 0. The Kier molecular flexibility index (Phi) is 5.02. The summed E-state index contributed by atoms with van der Waals surface area (Å²) < 4.78 is 5.78. The quantitative estimate of drug-likeness (QED) is 0.848. The van der Waals surface area contributed by atoms with Gasteiger partial charge in [0.05, 0.1) is 6.61 Å². The molecule has 0 spiro atoms. The van der Waals surface area contributed by atoms with Crippen LogP contribution in [0.5, 0.6) is 0 Å². The van der Waals surface area contributed by atoms with Crippen LogP contribution in [0.3, 0.4) is 0 Å². The van der Waals surface area contributed by atoms with Gasteiger partial charge in [0.1, 0.15) is 12.0 Å². The Balaban J connectivity index is 1.63. The van der Waals surface area contributed by atoms with Crippen molar-refractivity contribution in [2.24, 2.45) is 0 Å². The molecule has 2 fully saturated rings. The number of piperidine rings is 1. The molecule has 1 aromatic rings. The lowest BCUT2D eigenvalue weighted by molar-refractivity contribution is -0.155. The summed E-state index contributed by atoms with van der Waals surface area (Å²) in [6.45, 7) is 4.28. The predicted molar refractivity (Wildman–Crippen MR) is 89.2 cm³/mol. The first-order valence-corrected chi connectivity index (χ1v) is 8.74. The highest BCUT2D eigenvalue weighted by atomic mass is 16.5. The van der Waals surface area contributed by atoms with E-state index in [4.69, 9.17) is 4.74 Å². The van der Waals surface area contributed by atoms with E-state index in [2.05, 4.69) is 18.7 Å². The van der Waals surface area contributed by atoms with Crippen LogP contribution in [0.4, 0.5) is 0 Å². The van der Waals surface area contributed by atoms with Crippen molar-refractivity contribution in [2.45, 2.75) is 69.7 Å². The van der Waals surface area contributed by atoms with E-state index in [0.29, 0.717) is 18.1 Å². The van der Waals surface area contributed by atoms with E-state index in [1.165, 1.54) is 12.8 Å². The molecule has 0 amide bonds. The highest BCUT2D eigenvalue weighted by molar-refractivity contribution is 5.78. The molecule has 2 aliphatic rings. The summed E-state index contributed by atoms with van der Waals surface area (Å²) in [5, 5.41) is 9.60. The number of carbonyl (C=O) groups excluding carboxylic acids is 1. The number of ether oxygens (including phenoxy) is 1. The molecule has 2 saturated heterocycles. The molecule has 0 saturated carbocycles. The summed E-state index contributed by atoms with van der Waals surface area (Å²) in [6, 6.07) is 11.0. The number of benzene rings is 1. The van der Waals surface area contributed by atoms with Crippen molar-refractivity contribution in [1.29, 1.82) is 0 Å². The van der Waals surface area contributed by atoms with Gasteiger partial charge in [0.25, 0.3) is 0 Å². The van der Waals surface area contributed by atoms with Gasteiger partial charge in [-0.3, -0.25) is 9.69 Å². The Morgan fingerprint density at radius 3 is 2.35 bits per heavy atom. The summed E-state index contributed by atoms with van der Waals surface area (Å²) in [5.74, 6) is -0.863. The summed E-state index contributed by atoms with van der Waals surface area (Å²) in [4.78, 5) is 15.1. The molecule has 0 aliphatic carbocycles. The summed E-state index contributed by atoms with van der Waals surface area (Å²) in [6.07, 6.45) is 4.26. The zero-order valence-electron chi connectivity index (χ0n) is 14.0. The van der Waals surface area contributed by atoms with Crippen LogP contribution < -0.4 is 0 Å². The van der Waals surface area contributed by atoms with E-state index in [1.54, 1.807) is 0 Å². The number of carbonyl (C=O) groups is 1. The van der Waals surface area contributed by atoms with Crippen molar-refractivity contribution in [1.82, 2.24) is 4.90 Å². The second kappa shape index (κ2) is 7.02. The van der Waals surface area contributed by atoms with Crippen LogP contribution in [0, 0.1) is 0 Å². The van der Waals surface area contributed by atoms with E-state index >= 15 is 0 Å². The molecule has 1 unspecified atom stereocenters. The number of hydrogen-bond acceptors (Lipinski definition) is 4. The minimum absolute atomic E-state index is 0.00670. The lowest BCUT2D eigenvalue weighted by Crippen LogP contribution is -2.49. The second-order valence-electron chi connectivity index (χ2n) is 7.10. The monoisotopic (exact) mass is 317 g/mol. The maximum absolute atomic E-state index is 12.5. The molecule has 126 valence electrons. The molecule has 2 heterocycles. The second-order valence-corrected chi connectivity index (χ2v) is 7.10. The minimum atomic E-state index is -0.572. The molecule has 1 aromatic carbocycles. The van der Waals surface area contributed by atoms with Crippen LogP contribution in [0.25, 0.3) is 0 Å². The smallest absolute Gasteiger partial charge is 0.316 e. The molecule has 2 bridgehead atoms. The van der Waals surface area contributed by atoms with Gasteiger partial charge in [-0.15, -0.1) is 0 Å². The zero-order valence-corrected chi connectivity index (χ0v) is 14.0. The van der Waals surface area contributed by atoms with Gasteiger partial charge >= 0.3 is 5.97 Å². The van der Waals surface area contributed by atoms with Gasteiger partial charge in [-0.25, -0.2) is 0 Å². The van der Waals surface area contributed by atoms with Crippen molar-refractivity contribution in [2.75, 3.05) is 6.61 Å². The van der Waals surface area contributed by atoms with Crippen molar-refractivity contribution < 1.29 is 14.6 Å². The number of aliphatic hydroxyl groups excluding tert-OH is 1. The van der Waals surface area contributed by atoms with E-state index in [0.717, 1.165) is 18.4 Å². The van der Waals surface area contributed by atoms with Crippen LogP contribution in [-0.4, -0.2) is 46.8 Å². The molecular formula is C19H27NO3. The lowest BCUT2D eigenvalue weighted by Gasteiger charge is -2.41. The Labute approximate surface area is 138 Å². The van der Waals surface area contributed by atoms with Crippen molar-refractivity contribution in [3.05, 3.63) is 35.9 Å². The largest absolute Gasteiger partial charge is 0.462 e. The molecule has 3 rings (SSSR count). The first-order valence-electron chi connectivity index (χ1n) is 8.74. The van der Waals surface area contributed by atoms with E-state index in [1.807, 2.05) is 30.3 Å². The molecule has 1 N–H and O–H groups in total. The van der Waals surface area contributed by atoms with E-state index in [9.17, 15) is 9.90 Å². The topological polar surface area (TPSA) is 49.8 Å². The third kappa shape index (κ3) is 3.43. The highest BCUT2D eigenvalue weighted by Crippen LogP contribution is 2.38. The van der Waals surface area contributed by atoms with Gasteiger partial charge in [-0.2, -0.15) is 0 Å². The average molecular weight is 317 g/mol. The van der Waals surface area contributed by atoms with Crippen molar-refractivity contribution >= 4 is 5.97 Å². The molecule has 0 radical (unpaired) electrons. The zero-order chi connectivity index (χ0) is 16.4. The number of nitrogens with zero attached hydrogens (tertiary/aromatic N) is 1. The van der Waals surface area contributed by atoms with Gasteiger partial charge in [-0.1, -0.05) is 30.3 Å². The number of hydrogen-bond donors (Lipinski definition) is 1. The number of esters is 1. The molecule has 2 aliphatic heterocycles. The Hall–Kier alpha value is -1.39. The Morgan fingerprint density at radius 2 is 1.83 bits per heavy atom. The van der Waals surface area contributed by atoms with Gasteiger partial charge in [0.15, 0.2) is 0 Å². The lowest BCUT2D eigenvalue weighted by atomic mass is 9.97. The molecular weight excluding hydrogens is 290 g/mol. The van der Waals surface area contributed by atoms with Crippen molar-refractivity contribution in [3.8, 4) is 0 Å². The highest BCUT2D eigenvalue weighted by Gasteiger charge is 2.43. The van der Waals surface area contributed by atoms with Crippen LogP contribution in [0.1, 0.15) is 51.0 Å². The number of fused-ring (bicyclic) bond motifs is 2. The molecule has 0 aromatic heterocycles.